The van der Waals surface area contributed by atoms with Crippen molar-refractivity contribution in [3.8, 4) is 0 Å². The van der Waals surface area contributed by atoms with Crippen LogP contribution in [-0.2, 0) is 14.3 Å². The summed E-state index contributed by atoms with van der Waals surface area (Å²) >= 11 is 0. The quantitative estimate of drug-likeness (QED) is 0.0245. The second-order valence-electron chi connectivity index (χ2n) is 17.9. The lowest BCUT2D eigenvalue weighted by Gasteiger charge is -2.22. The first kappa shape index (κ1) is 58.1. The number of amides is 1. The van der Waals surface area contributed by atoms with Crippen molar-refractivity contribution in [2.45, 2.75) is 283 Å². The Morgan fingerprint density at radius 1 is 0.467 bits per heavy atom. The summed E-state index contributed by atoms with van der Waals surface area (Å²) in [6, 6.07) is -0.556. The van der Waals surface area contributed by atoms with Crippen LogP contribution in [0.15, 0.2) is 36.5 Å². The molecular formula is C54H101NO5. The summed E-state index contributed by atoms with van der Waals surface area (Å²) in [5.41, 5.74) is 0. The molecule has 2 unspecified atom stereocenters. The number of ether oxygens (including phenoxy) is 1. The van der Waals surface area contributed by atoms with Gasteiger partial charge in [-0.2, -0.15) is 0 Å². The molecule has 1 amide bonds. The molecule has 0 saturated carbocycles. The number of hydrogen-bond acceptors (Lipinski definition) is 5. The zero-order chi connectivity index (χ0) is 43.7. The first-order valence-electron chi connectivity index (χ1n) is 26.3. The van der Waals surface area contributed by atoms with Crippen LogP contribution in [0.5, 0.6) is 0 Å². The minimum atomic E-state index is -0.676. The highest BCUT2D eigenvalue weighted by Gasteiger charge is 2.20. The molecule has 0 fully saturated rings. The maximum Gasteiger partial charge on any atom is 0.305 e. The Bertz CT molecular complexity index is 977. The molecule has 0 aliphatic carbocycles. The Labute approximate surface area is 373 Å². The second kappa shape index (κ2) is 49.7. The molecule has 0 radical (unpaired) electrons. The molecule has 60 heavy (non-hydrogen) atoms. The number of carbonyl (C=O) groups is 2. The standard InChI is InChI=1S/C54H101NO5/c1-3-5-7-9-11-13-14-15-16-17-18-19-22-25-28-32-36-40-44-48-54(59)60-49-45-41-37-33-29-26-23-20-21-24-27-31-35-39-43-47-53(58)55-51(50-56)52(57)46-42-38-34-30-12-10-8-6-4-2/h15-16,20,23,26,29,51-52,56-57H,3-14,17-19,21-22,24-25,27-28,30-50H2,1-2H3,(H,55,58)/b16-15-,23-20-,29-26-. The second-order valence-corrected chi connectivity index (χ2v) is 17.9. The Balaban J connectivity index is 3.48. The van der Waals surface area contributed by atoms with E-state index in [4.69, 9.17) is 4.74 Å². The molecule has 0 aromatic heterocycles. The average Bonchev–Trinajstić information content (AvgIpc) is 3.25. The first-order chi connectivity index (χ1) is 29.5. The molecule has 0 rings (SSSR count). The third-order valence-electron chi connectivity index (χ3n) is 11.9. The Morgan fingerprint density at radius 3 is 1.28 bits per heavy atom. The number of nitrogens with one attached hydrogen (secondary N) is 1. The van der Waals surface area contributed by atoms with E-state index in [0.717, 1.165) is 77.0 Å². The van der Waals surface area contributed by atoms with Gasteiger partial charge in [-0.05, 0) is 83.5 Å². The van der Waals surface area contributed by atoms with Gasteiger partial charge < -0.3 is 20.3 Å². The Morgan fingerprint density at radius 2 is 0.833 bits per heavy atom. The minimum Gasteiger partial charge on any atom is -0.466 e. The van der Waals surface area contributed by atoms with Crippen LogP contribution in [0.2, 0.25) is 0 Å². The van der Waals surface area contributed by atoms with Crippen molar-refractivity contribution in [2.75, 3.05) is 13.2 Å². The Kier molecular flexibility index (Phi) is 48.1. The monoisotopic (exact) mass is 844 g/mol. The average molecular weight is 844 g/mol. The molecule has 0 aliphatic heterocycles. The molecule has 6 heteroatoms. The van der Waals surface area contributed by atoms with Crippen LogP contribution >= 0.6 is 0 Å². The number of unbranched alkanes of at least 4 members (excludes halogenated alkanes) is 32. The number of hydrogen-bond donors (Lipinski definition) is 3. The molecule has 0 bridgehead atoms. The lowest BCUT2D eigenvalue weighted by molar-refractivity contribution is -0.143. The van der Waals surface area contributed by atoms with Crippen molar-refractivity contribution >= 4 is 11.9 Å². The lowest BCUT2D eigenvalue weighted by Crippen LogP contribution is -2.45. The van der Waals surface area contributed by atoms with Gasteiger partial charge in [0.2, 0.25) is 5.91 Å². The van der Waals surface area contributed by atoms with Crippen LogP contribution in [0.4, 0.5) is 0 Å². The van der Waals surface area contributed by atoms with Gasteiger partial charge in [0.1, 0.15) is 0 Å². The highest BCUT2D eigenvalue weighted by atomic mass is 16.5. The van der Waals surface area contributed by atoms with E-state index >= 15 is 0 Å². The van der Waals surface area contributed by atoms with E-state index in [9.17, 15) is 19.8 Å². The first-order valence-corrected chi connectivity index (χ1v) is 26.3. The van der Waals surface area contributed by atoms with Gasteiger partial charge in [0.25, 0.3) is 0 Å². The van der Waals surface area contributed by atoms with Crippen molar-refractivity contribution in [3.05, 3.63) is 36.5 Å². The van der Waals surface area contributed by atoms with Crippen molar-refractivity contribution in [2.24, 2.45) is 0 Å². The van der Waals surface area contributed by atoms with Gasteiger partial charge in [-0.25, -0.2) is 0 Å². The predicted octanol–water partition coefficient (Wildman–Crippen LogP) is 15.7. The van der Waals surface area contributed by atoms with E-state index in [0.29, 0.717) is 25.9 Å². The van der Waals surface area contributed by atoms with Gasteiger partial charge >= 0.3 is 5.97 Å². The van der Waals surface area contributed by atoms with Gasteiger partial charge in [0.05, 0.1) is 25.4 Å². The molecule has 3 N–H and O–H groups in total. The highest BCUT2D eigenvalue weighted by Crippen LogP contribution is 2.15. The zero-order valence-electron chi connectivity index (χ0n) is 39.9. The summed E-state index contributed by atoms with van der Waals surface area (Å²) in [6.07, 6.45) is 59.9. The van der Waals surface area contributed by atoms with E-state index in [-0.39, 0.29) is 18.5 Å². The molecular weight excluding hydrogens is 743 g/mol. The number of aliphatic hydroxyl groups is 2. The maximum atomic E-state index is 12.4. The van der Waals surface area contributed by atoms with Crippen molar-refractivity contribution in [1.82, 2.24) is 5.32 Å². The summed E-state index contributed by atoms with van der Waals surface area (Å²) in [5.74, 6) is -0.0837. The predicted molar refractivity (Wildman–Crippen MR) is 259 cm³/mol. The number of aliphatic hydroxyl groups excluding tert-OH is 2. The molecule has 352 valence electrons. The maximum absolute atomic E-state index is 12.4. The fraction of sp³-hybridized carbons (Fsp3) is 0.852. The fourth-order valence-electron chi connectivity index (χ4n) is 7.86. The molecule has 0 aromatic rings. The number of rotatable bonds is 48. The van der Waals surface area contributed by atoms with Crippen LogP contribution in [0, 0.1) is 0 Å². The highest BCUT2D eigenvalue weighted by molar-refractivity contribution is 5.76. The molecule has 0 aliphatic rings. The van der Waals surface area contributed by atoms with Crippen LogP contribution in [0.1, 0.15) is 271 Å². The molecule has 6 nitrogen and oxygen atoms in total. The van der Waals surface area contributed by atoms with Crippen LogP contribution in [0.3, 0.4) is 0 Å². The number of carbonyl (C=O) groups excluding carboxylic acids is 2. The summed E-state index contributed by atoms with van der Waals surface area (Å²) in [5, 5.41) is 23.0. The van der Waals surface area contributed by atoms with E-state index in [1.807, 2.05) is 0 Å². The third-order valence-corrected chi connectivity index (χ3v) is 11.9. The summed E-state index contributed by atoms with van der Waals surface area (Å²) in [7, 11) is 0. The fourth-order valence-corrected chi connectivity index (χ4v) is 7.86. The van der Waals surface area contributed by atoms with Gasteiger partial charge in [0, 0.05) is 12.8 Å². The number of esters is 1. The van der Waals surface area contributed by atoms with Crippen molar-refractivity contribution < 1.29 is 24.5 Å². The third kappa shape index (κ3) is 45.6. The topological polar surface area (TPSA) is 95.9 Å². The summed E-state index contributed by atoms with van der Waals surface area (Å²) in [4.78, 5) is 24.4. The SMILES string of the molecule is CCCCCCCC/C=C\CCCCCCCCCCCC(=O)OCCCCC/C=C\C=C/CCCCCCCCC(=O)NC(CO)C(O)CCCCCCCCCCC. The zero-order valence-corrected chi connectivity index (χ0v) is 39.9. The minimum absolute atomic E-state index is 0.0229. The number of allylic oxidation sites excluding steroid dienone is 6. The molecule has 0 heterocycles. The molecule has 0 saturated heterocycles. The van der Waals surface area contributed by atoms with E-state index in [1.54, 1.807) is 0 Å². The van der Waals surface area contributed by atoms with E-state index in [1.165, 1.54) is 161 Å². The van der Waals surface area contributed by atoms with Gasteiger partial charge in [-0.15, -0.1) is 0 Å². The van der Waals surface area contributed by atoms with Gasteiger partial charge in [-0.3, -0.25) is 9.59 Å². The summed E-state index contributed by atoms with van der Waals surface area (Å²) in [6.45, 7) is 4.86. The van der Waals surface area contributed by atoms with Crippen molar-refractivity contribution in [1.29, 1.82) is 0 Å². The van der Waals surface area contributed by atoms with Crippen LogP contribution < -0.4 is 5.32 Å². The largest absolute Gasteiger partial charge is 0.466 e. The van der Waals surface area contributed by atoms with E-state index in [2.05, 4.69) is 55.6 Å². The van der Waals surface area contributed by atoms with Crippen molar-refractivity contribution in [3.63, 3.8) is 0 Å². The molecule has 2 atom stereocenters. The smallest absolute Gasteiger partial charge is 0.305 e. The van der Waals surface area contributed by atoms with Gasteiger partial charge in [0.15, 0.2) is 0 Å². The molecule has 0 aromatic carbocycles. The van der Waals surface area contributed by atoms with Gasteiger partial charge in [-0.1, -0.05) is 211 Å². The van der Waals surface area contributed by atoms with Crippen LogP contribution in [0.25, 0.3) is 0 Å². The van der Waals surface area contributed by atoms with E-state index < -0.39 is 12.1 Å². The van der Waals surface area contributed by atoms with Crippen LogP contribution in [-0.4, -0.2) is 47.4 Å². The molecule has 0 spiro atoms. The summed E-state index contributed by atoms with van der Waals surface area (Å²) < 4.78 is 5.45. The normalized spacial score (nSPS) is 12.9. The lowest BCUT2D eigenvalue weighted by atomic mass is 10.0. The Hall–Kier alpha value is -1.92.